The molecule has 0 fully saturated rings. The van der Waals surface area contributed by atoms with Gasteiger partial charge < -0.3 is 4.74 Å². The molecule has 0 aliphatic rings. The van der Waals surface area contributed by atoms with Gasteiger partial charge in [-0.25, -0.2) is 9.78 Å². The molecule has 4 heteroatoms. The van der Waals surface area contributed by atoms with Crippen LogP contribution >= 0.6 is 15.9 Å². The number of hydrogen-bond acceptors (Lipinski definition) is 3. The van der Waals surface area contributed by atoms with E-state index in [2.05, 4.69) is 20.9 Å². The standard InChI is InChI=1S/C13H12BrNO2/c1-2-17-13(16)12-7-6-10-9(8-14)4-3-5-11(10)15-12/h3-7H,2,8H2,1H3. The number of pyridine rings is 1. The molecule has 2 aromatic rings. The Balaban J connectivity index is 2.48. The lowest BCUT2D eigenvalue weighted by molar-refractivity contribution is 0.0520. The molecule has 0 unspecified atom stereocenters. The summed E-state index contributed by atoms with van der Waals surface area (Å²) >= 11 is 3.43. The highest BCUT2D eigenvalue weighted by Gasteiger charge is 2.09. The Morgan fingerprint density at radius 3 is 2.88 bits per heavy atom. The van der Waals surface area contributed by atoms with Crippen LogP contribution in [0.25, 0.3) is 10.9 Å². The van der Waals surface area contributed by atoms with E-state index in [1.54, 1.807) is 13.0 Å². The van der Waals surface area contributed by atoms with Crippen molar-refractivity contribution in [2.45, 2.75) is 12.3 Å². The van der Waals surface area contributed by atoms with Gasteiger partial charge in [-0.3, -0.25) is 0 Å². The number of carbonyl (C=O) groups excluding carboxylic acids is 1. The maximum atomic E-state index is 11.5. The number of aromatic nitrogens is 1. The molecule has 0 aliphatic carbocycles. The molecule has 0 bridgehead atoms. The van der Waals surface area contributed by atoms with Gasteiger partial charge in [-0.2, -0.15) is 0 Å². The first-order chi connectivity index (χ1) is 8.26. The van der Waals surface area contributed by atoms with Crippen molar-refractivity contribution in [1.29, 1.82) is 0 Å². The van der Waals surface area contributed by atoms with Gasteiger partial charge in [0.05, 0.1) is 12.1 Å². The van der Waals surface area contributed by atoms with Gasteiger partial charge in [0.25, 0.3) is 0 Å². The predicted octanol–water partition coefficient (Wildman–Crippen LogP) is 3.31. The molecule has 88 valence electrons. The van der Waals surface area contributed by atoms with E-state index in [0.717, 1.165) is 21.8 Å². The molecule has 17 heavy (non-hydrogen) atoms. The first-order valence-electron chi connectivity index (χ1n) is 5.38. The number of esters is 1. The van der Waals surface area contributed by atoms with Crippen LogP contribution in [0.1, 0.15) is 23.0 Å². The summed E-state index contributed by atoms with van der Waals surface area (Å²) in [5.74, 6) is -0.376. The minimum atomic E-state index is -0.376. The van der Waals surface area contributed by atoms with Gasteiger partial charge in [0, 0.05) is 10.7 Å². The van der Waals surface area contributed by atoms with Gasteiger partial charge in [-0.15, -0.1) is 0 Å². The molecule has 0 atom stereocenters. The fourth-order valence-corrected chi connectivity index (χ4v) is 2.14. The van der Waals surface area contributed by atoms with E-state index in [9.17, 15) is 4.79 Å². The summed E-state index contributed by atoms with van der Waals surface area (Å²) in [5.41, 5.74) is 2.32. The Hall–Kier alpha value is -1.42. The second kappa shape index (κ2) is 5.27. The molecule has 0 saturated heterocycles. The van der Waals surface area contributed by atoms with Gasteiger partial charge in [-0.05, 0) is 24.6 Å². The van der Waals surface area contributed by atoms with Crippen molar-refractivity contribution in [3.05, 3.63) is 41.6 Å². The van der Waals surface area contributed by atoms with E-state index in [1.165, 1.54) is 0 Å². The van der Waals surface area contributed by atoms with Crippen molar-refractivity contribution < 1.29 is 9.53 Å². The van der Waals surface area contributed by atoms with Gasteiger partial charge in [0.2, 0.25) is 0 Å². The van der Waals surface area contributed by atoms with Crippen molar-refractivity contribution in [1.82, 2.24) is 4.98 Å². The number of hydrogen-bond donors (Lipinski definition) is 0. The summed E-state index contributed by atoms with van der Waals surface area (Å²) < 4.78 is 4.92. The summed E-state index contributed by atoms with van der Waals surface area (Å²) in [6, 6.07) is 9.46. The number of rotatable bonds is 3. The molecule has 0 amide bonds. The fourth-order valence-electron chi connectivity index (χ4n) is 1.65. The van der Waals surface area contributed by atoms with Crippen LogP contribution in [0.4, 0.5) is 0 Å². The van der Waals surface area contributed by atoms with Crippen LogP contribution in [0.5, 0.6) is 0 Å². The van der Waals surface area contributed by atoms with Gasteiger partial charge in [-0.1, -0.05) is 34.1 Å². The molecule has 3 nitrogen and oxygen atoms in total. The second-order valence-corrected chi connectivity index (χ2v) is 4.10. The Bertz CT molecular complexity index is 554. The maximum absolute atomic E-state index is 11.5. The normalized spacial score (nSPS) is 10.5. The number of halogens is 1. The number of ether oxygens (including phenoxy) is 1. The Kier molecular flexibility index (Phi) is 3.74. The molecule has 0 aliphatic heterocycles. The number of carbonyl (C=O) groups is 1. The number of benzene rings is 1. The molecule has 0 radical (unpaired) electrons. The lowest BCUT2D eigenvalue weighted by Gasteiger charge is -2.05. The van der Waals surface area contributed by atoms with Crippen molar-refractivity contribution in [2.75, 3.05) is 6.61 Å². The van der Waals surface area contributed by atoms with Crippen LogP contribution in [0.15, 0.2) is 30.3 Å². The lowest BCUT2D eigenvalue weighted by Crippen LogP contribution is -2.06. The quantitative estimate of drug-likeness (QED) is 0.644. The number of nitrogens with zero attached hydrogens (tertiary/aromatic N) is 1. The van der Waals surface area contributed by atoms with Gasteiger partial charge in [0.1, 0.15) is 5.69 Å². The van der Waals surface area contributed by atoms with Crippen molar-refractivity contribution in [3.63, 3.8) is 0 Å². The van der Waals surface area contributed by atoms with Crippen LogP contribution in [-0.4, -0.2) is 17.6 Å². The highest BCUT2D eigenvalue weighted by atomic mass is 79.9. The highest BCUT2D eigenvalue weighted by molar-refractivity contribution is 9.08. The van der Waals surface area contributed by atoms with Crippen molar-refractivity contribution >= 4 is 32.8 Å². The smallest absolute Gasteiger partial charge is 0.356 e. The van der Waals surface area contributed by atoms with Crippen LogP contribution in [0.3, 0.4) is 0 Å². The zero-order valence-corrected chi connectivity index (χ0v) is 11.0. The summed E-state index contributed by atoms with van der Waals surface area (Å²) in [4.78, 5) is 15.9. The molecule has 2 rings (SSSR count). The molecule has 1 aromatic carbocycles. The molecule has 0 saturated carbocycles. The molecule has 1 aromatic heterocycles. The zero-order valence-electron chi connectivity index (χ0n) is 9.44. The van der Waals surface area contributed by atoms with E-state index >= 15 is 0 Å². The lowest BCUT2D eigenvalue weighted by atomic mass is 10.1. The Morgan fingerprint density at radius 1 is 1.35 bits per heavy atom. The first kappa shape index (κ1) is 12.0. The van der Waals surface area contributed by atoms with E-state index in [0.29, 0.717) is 12.3 Å². The molecule has 0 N–H and O–H groups in total. The van der Waals surface area contributed by atoms with Crippen molar-refractivity contribution in [2.24, 2.45) is 0 Å². The zero-order chi connectivity index (χ0) is 12.3. The first-order valence-corrected chi connectivity index (χ1v) is 6.50. The summed E-state index contributed by atoms with van der Waals surface area (Å²) in [6.45, 7) is 2.14. The summed E-state index contributed by atoms with van der Waals surface area (Å²) in [5, 5.41) is 1.82. The van der Waals surface area contributed by atoms with Crippen molar-refractivity contribution in [3.8, 4) is 0 Å². The number of fused-ring (bicyclic) bond motifs is 1. The van der Waals surface area contributed by atoms with Crippen LogP contribution in [0.2, 0.25) is 0 Å². The van der Waals surface area contributed by atoms with Gasteiger partial charge >= 0.3 is 5.97 Å². The van der Waals surface area contributed by atoms with E-state index in [4.69, 9.17) is 4.74 Å². The molecule has 0 spiro atoms. The van der Waals surface area contributed by atoms with E-state index < -0.39 is 0 Å². The minimum Gasteiger partial charge on any atom is -0.461 e. The number of alkyl halides is 1. The third kappa shape index (κ3) is 2.47. The predicted molar refractivity (Wildman–Crippen MR) is 70.3 cm³/mol. The largest absolute Gasteiger partial charge is 0.461 e. The summed E-state index contributed by atoms with van der Waals surface area (Å²) in [7, 11) is 0. The van der Waals surface area contributed by atoms with Crippen LogP contribution < -0.4 is 0 Å². The topological polar surface area (TPSA) is 39.2 Å². The van der Waals surface area contributed by atoms with Crippen LogP contribution in [0, 0.1) is 0 Å². The molecule has 1 heterocycles. The second-order valence-electron chi connectivity index (χ2n) is 3.53. The summed E-state index contributed by atoms with van der Waals surface area (Å²) in [6.07, 6.45) is 0. The third-order valence-corrected chi connectivity index (χ3v) is 3.05. The van der Waals surface area contributed by atoms with Gasteiger partial charge in [0.15, 0.2) is 0 Å². The van der Waals surface area contributed by atoms with E-state index in [-0.39, 0.29) is 5.97 Å². The minimum absolute atomic E-state index is 0.353. The van der Waals surface area contributed by atoms with Crippen LogP contribution in [-0.2, 0) is 10.1 Å². The third-order valence-electron chi connectivity index (χ3n) is 2.45. The highest BCUT2D eigenvalue weighted by Crippen LogP contribution is 2.20. The Labute approximate surface area is 108 Å². The average molecular weight is 294 g/mol. The van der Waals surface area contributed by atoms with E-state index in [1.807, 2.05) is 24.3 Å². The maximum Gasteiger partial charge on any atom is 0.356 e. The SMILES string of the molecule is CCOC(=O)c1ccc2c(CBr)cccc2n1. The monoisotopic (exact) mass is 293 g/mol. The fraction of sp³-hybridized carbons (Fsp3) is 0.231. The molecular weight excluding hydrogens is 282 g/mol. The Morgan fingerprint density at radius 2 is 2.18 bits per heavy atom. The average Bonchev–Trinajstić information content (AvgIpc) is 2.37. The molecular formula is C13H12BrNO2.